The Morgan fingerprint density at radius 2 is 2.00 bits per heavy atom. The van der Waals surface area contributed by atoms with Crippen LogP contribution in [0.2, 0.25) is 0 Å². The largest absolute Gasteiger partial charge is 0.491 e. The van der Waals surface area contributed by atoms with Gasteiger partial charge in [-0.1, -0.05) is 12.1 Å². The van der Waals surface area contributed by atoms with Crippen LogP contribution in [0.15, 0.2) is 42.5 Å². The number of benzene rings is 2. The first-order chi connectivity index (χ1) is 15.6. The Labute approximate surface area is 188 Å². The Morgan fingerprint density at radius 3 is 2.84 bits per heavy atom. The minimum absolute atomic E-state index is 0.149. The quantitative estimate of drug-likeness (QED) is 0.627. The summed E-state index contributed by atoms with van der Waals surface area (Å²) in [6.07, 6.45) is 2.35. The number of nitrogens with zero attached hydrogens (tertiary/aromatic N) is 1. The lowest BCUT2D eigenvalue weighted by atomic mass is 10.0. The third-order valence-corrected chi connectivity index (χ3v) is 5.75. The minimum Gasteiger partial charge on any atom is -0.491 e. The molecule has 2 heterocycles. The number of aliphatic hydroxyl groups excluding tert-OH is 1. The van der Waals surface area contributed by atoms with Gasteiger partial charge in [0.2, 0.25) is 0 Å². The van der Waals surface area contributed by atoms with Crippen molar-refractivity contribution in [2.45, 2.75) is 38.3 Å². The number of likely N-dealkylation sites (tertiary alicyclic amines) is 1. The van der Waals surface area contributed by atoms with Gasteiger partial charge in [-0.25, -0.2) is 4.79 Å². The summed E-state index contributed by atoms with van der Waals surface area (Å²) in [7, 11) is 0. The molecule has 0 aromatic heterocycles. The number of β-amino-alcohol motifs (C(OH)–C–C–N with tert-alkyl or cyclic N) is 1. The van der Waals surface area contributed by atoms with E-state index in [4.69, 9.17) is 18.9 Å². The molecule has 2 aliphatic heterocycles. The number of aliphatic hydroxyl groups is 1. The van der Waals surface area contributed by atoms with Crippen molar-refractivity contribution in [1.29, 1.82) is 0 Å². The molecule has 0 radical (unpaired) electrons. The number of hydrogen-bond donors (Lipinski definition) is 1. The lowest BCUT2D eigenvalue weighted by molar-refractivity contribution is 0.0524. The Hall–Kier alpha value is -2.77. The first kappa shape index (κ1) is 22.4. The third-order valence-electron chi connectivity index (χ3n) is 5.75. The molecule has 2 aliphatic rings. The van der Waals surface area contributed by atoms with Gasteiger partial charge in [0.15, 0.2) is 11.5 Å². The molecule has 1 N–H and O–H groups in total. The first-order valence-electron chi connectivity index (χ1n) is 11.4. The second kappa shape index (κ2) is 10.7. The van der Waals surface area contributed by atoms with E-state index < -0.39 is 6.10 Å². The SMILES string of the molecule is CCOC(=O)c1cccc(OC[C@@H](O)CN2CCC[C@H]2c2ccc3c(c2)OCCCO3)c1. The summed E-state index contributed by atoms with van der Waals surface area (Å²) in [5, 5.41) is 10.6. The van der Waals surface area contributed by atoms with Crippen molar-refractivity contribution in [3.8, 4) is 17.2 Å². The van der Waals surface area contributed by atoms with E-state index in [1.54, 1.807) is 31.2 Å². The zero-order valence-corrected chi connectivity index (χ0v) is 18.5. The van der Waals surface area contributed by atoms with Crippen LogP contribution >= 0.6 is 0 Å². The maximum Gasteiger partial charge on any atom is 0.338 e. The minimum atomic E-state index is -0.651. The van der Waals surface area contributed by atoms with E-state index >= 15 is 0 Å². The normalized spacial score (nSPS) is 19.2. The van der Waals surface area contributed by atoms with Crippen LogP contribution in [0.1, 0.15) is 48.1 Å². The van der Waals surface area contributed by atoms with Crippen LogP contribution in [0.3, 0.4) is 0 Å². The average Bonchev–Trinajstić information content (AvgIpc) is 3.13. The second-order valence-corrected chi connectivity index (χ2v) is 8.12. The molecule has 1 saturated heterocycles. The van der Waals surface area contributed by atoms with E-state index in [-0.39, 0.29) is 18.6 Å². The highest BCUT2D eigenvalue weighted by molar-refractivity contribution is 5.89. The van der Waals surface area contributed by atoms with E-state index in [0.29, 0.717) is 37.7 Å². The molecule has 0 amide bonds. The number of hydrogen-bond acceptors (Lipinski definition) is 7. The molecule has 2 atom stereocenters. The first-order valence-corrected chi connectivity index (χ1v) is 11.4. The van der Waals surface area contributed by atoms with Crippen molar-refractivity contribution in [2.75, 3.05) is 39.5 Å². The lowest BCUT2D eigenvalue weighted by Crippen LogP contribution is -2.35. The molecular weight excluding hydrogens is 410 g/mol. The monoisotopic (exact) mass is 441 g/mol. The highest BCUT2D eigenvalue weighted by atomic mass is 16.5. The van der Waals surface area contributed by atoms with Crippen LogP contribution in [0.4, 0.5) is 0 Å². The van der Waals surface area contributed by atoms with E-state index in [1.165, 1.54) is 5.56 Å². The van der Waals surface area contributed by atoms with Gasteiger partial charge in [-0.2, -0.15) is 0 Å². The zero-order chi connectivity index (χ0) is 22.3. The van der Waals surface area contributed by atoms with Gasteiger partial charge in [0.25, 0.3) is 0 Å². The standard InChI is InChI=1S/C25H31NO6/c1-2-29-25(28)19-6-3-7-21(14-19)32-17-20(27)16-26-11-4-8-22(26)18-9-10-23-24(15-18)31-13-5-12-30-23/h3,6-7,9-10,14-15,20,22,27H,2,4-5,8,11-13,16-17H2,1H3/t20-,22-/m0/s1. The lowest BCUT2D eigenvalue weighted by Gasteiger charge is -2.27. The van der Waals surface area contributed by atoms with Crippen LogP contribution in [0, 0.1) is 0 Å². The Morgan fingerprint density at radius 1 is 1.16 bits per heavy atom. The smallest absolute Gasteiger partial charge is 0.338 e. The summed E-state index contributed by atoms with van der Waals surface area (Å²) in [5.74, 6) is 1.76. The molecule has 0 unspecified atom stereocenters. The molecule has 172 valence electrons. The molecule has 32 heavy (non-hydrogen) atoms. The Balaban J connectivity index is 1.34. The summed E-state index contributed by atoms with van der Waals surface area (Å²) in [6, 6.07) is 13.2. The number of rotatable bonds is 8. The van der Waals surface area contributed by atoms with Gasteiger partial charge < -0.3 is 24.1 Å². The van der Waals surface area contributed by atoms with E-state index in [0.717, 1.165) is 37.3 Å². The molecule has 2 aromatic rings. The predicted molar refractivity (Wildman–Crippen MR) is 119 cm³/mol. The summed E-state index contributed by atoms with van der Waals surface area (Å²) in [4.78, 5) is 14.2. The van der Waals surface area contributed by atoms with Crippen molar-refractivity contribution >= 4 is 5.97 Å². The van der Waals surface area contributed by atoms with Gasteiger partial charge in [-0.3, -0.25) is 4.90 Å². The predicted octanol–water partition coefficient (Wildman–Crippen LogP) is 3.60. The highest BCUT2D eigenvalue weighted by Crippen LogP contribution is 2.37. The van der Waals surface area contributed by atoms with Gasteiger partial charge in [-0.15, -0.1) is 0 Å². The fourth-order valence-corrected chi connectivity index (χ4v) is 4.25. The number of ether oxygens (including phenoxy) is 4. The number of carbonyl (C=O) groups excluding carboxylic acids is 1. The second-order valence-electron chi connectivity index (χ2n) is 8.12. The van der Waals surface area contributed by atoms with Crippen molar-refractivity contribution in [3.05, 3.63) is 53.6 Å². The van der Waals surface area contributed by atoms with E-state index in [1.807, 2.05) is 6.07 Å². The molecule has 0 aliphatic carbocycles. The molecule has 7 nitrogen and oxygen atoms in total. The highest BCUT2D eigenvalue weighted by Gasteiger charge is 2.28. The van der Waals surface area contributed by atoms with Crippen LogP contribution in [-0.4, -0.2) is 61.6 Å². The van der Waals surface area contributed by atoms with Gasteiger partial charge in [0, 0.05) is 19.0 Å². The average molecular weight is 442 g/mol. The van der Waals surface area contributed by atoms with Gasteiger partial charge in [0.1, 0.15) is 18.5 Å². The van der Waals surface area contributed by atoms with Gasteiger partial charge in [0.05, 0.1) is 25.4 Å². The van der Waals surface area contributed by atoms with Crippen molar-refractivity contribution in [3.63, 3.8) is 0 Å². The van der Waals surface area contributed by atoms with Crippen LogP contribution in [0.5, 0.6) is 17.2 Å². The summed E-state index contributed by atoms with van der Waals surface area (Å²) >= 11 is 0. The van der Waals surface area contributed by atoms with Crippen molar-refractivity contribution in [1.82, 2.24) is 4.90 Å². The van der Waals surface area contributed by atoms with Crippen LogP contribution in [0.25, 0.3) is 0 Å². The van der Waals surface area contributed by atoms with Crippen molar-refractivity contribution < 1.29 is 28.8 Å². The van der Waals surface area contributed by atoms with Crippen molar-refractivity contribution in [2.24, 2.45) is 0 Å². The molecule has 0 spiro atoms. The molecule has 7 heteroatoms. The molecule has 0 bridgehead atoms. The molecule has 0 saturated carbocycles. The number of esters is 1. The maximum absolute atomic E-state index is 11.9. The number of carbonyl (C=O) groups is 1. The third kappa shape index (κ3) is 5.53. The fourth-order valence-electron chi connectivity index (χ4n) is 4.25. The van der Waals surface area contributed by atoms with E-state index in [9.17, 15) is 9.90 Å². The Kier molecular flexibility index (Phi) is 7.50. The summed E-state index contributed by atoms with van der Waals surface area (Å²) in [5.41, 5.74) is 1.62. The summed E-state index contributed by atoms with van der Waals surface area (Å²) in [6.45, 7) is 5.02. The Bertz CT molecular complexity index is 917. The van der Waals surface area contributed by atoms with Crippen LogP contribution < -0.4 is 14.2 Å². The summed E-state index contributed by atoms with van der Waals surface area (Å²) < 4.78 is 22.4. The fraction of sp³-hybridized carbons (Fsp3) is 0.480. The van der Waals surface area contributed by atoms with Gasteiger partial charge >= 0.3 is 5.97 Å². The zero-order valence-electron chi connectivity index (χ0n) is 18.5. The number of fused-ring (bicyclic) bond motifs is 1. The topological polar surface area (TPSA) is 77.5 Å². The molecule has 4 rings (SSSR count). The van der Waals surface area contributed by atoms with E-state index in [2.05, 4.69) is 17.0 Å². The van der Waals surface area contributed by atoms with Gasteiger partial charge in [-0.05, 0) is 62.2 Å². The molecular formula is C25H31NO6. The molecule has 2 aromatic carbocycles. The maximum atomic E-state index is 11.9. The molecule has 1 fully saturated rings. The van der Waals surface area contributed by atoms with Crippen LogP contribution in [-0.2, 0) is 4.74 Å².